The van der Waals surface area contributed by atoms with Crippen molar-refractivity contribution in [1.29, 1.82) is 0 Å². The summed E-state index contributed by atoms with van der Waals surface area (Å²) in [6.45, 7) is 2.41. The molecule has 0 radical (unpaired) electrons. The van der Waals surface area contributed by atoms with E-state index in [4.69, 9.17) is 27.9 Å². The Morgan fingerprint density at radius 2 is 2.21 bits per heavy atom. The fourth-order valence-electron chi connectivity index (χ4n) is 1.02. The summed E-state index contributed by atoms with van der Waals surface area (Å²) in [5, 5.41) is 0.433. The molecular formula is C10H10Cl2O2. The predicted molar refractivity (Wildman–Crippen MR) is 57.7 cm³/mol. The van der Waals surface area contributed by atoms with Crippen LogP contribution in [0.15, 0.2) is 18.2 Å². The van der Waals surface area contributed by atoms with Gasteiger partial charge in [0.2, 0.25) is 0 Å². The quantitative estimate of drug-likeness (QED) is 0.589. The zero-order valence-corrected chi connectivity index (χ0v) is 9.23. The molecule has 0 aliphatic carbocycles. The summed E-state index contributed by atoms with van der Waals surface area (Å²) in [6.07, 6.45) is 0. The molecule has 0 aliphatic heterocycles. The molecule has 14 heavy (non-hydrogen) atoms. The molecule has 1 aromatic carbocycles. The third kappa shape index (κ3) is 2.63. The van der Waals surface area contributed by atoms with Crippen LogP contribution in [0.25, 0.3) is 0 Å². The SMILES string of the molecule is CCOc1ccc(C(=O)CCl)cc1Cl. The Labute approximate surface area is 92.8 Å². The Balaban J connectivity index is 2.94. The standard InChI is InChI=1S/C10H10Cl2O2/c1-2-14-10-4-3-7(5-8(10)12)9(13)6-11/h3-5H,2,6H2,1H3. The number of rotatable bonds is 4. The number of alkyl halides is 1. The smallest absolute Gasteiger partial charge is 0.177 e. The second-order valence-electron chi connectivity index (χ2n) is 2.64. The van der Waals surface area contributed by atoms with Gasteiger partial charge in [-0.15, -0.1) is 11.6 Å². The van der Waals surface area contributed by atoms with Crippen LogP contribution < -0.4 is 4.74 Å². The average molecular weight is 233 g/mol. The van der Waals surface area contributed by atoms with Crippen molar-refractivity contribution in [2.24, 2.45) is 0 Å². The summed E-state index contributed by atoms with van der Waals surface area (Å²) in [4.78, 5) is 11.2. The highest BCUT2D eigenvalue weighted by Crippen LogP contribution is 2.25. The number of carbonyl (C=O) groups excluding carboxylic acids is 1. The fraction of sp³-hybridized carbons (Fsp3) is 0.300. The Bertz CT molecular complexity index is 337. The van der Waals surface area contributed by atoms with Gasteiger partial charge in [0.15, 0.2) is 5.78 Å². The van der Waals surface area contributed by atoms with Crippen molar-refractivity contribution < 1.29 is 9.53 Å². The van der Waals surface area contributed by atoms with Gasteiger partial charge in [-0.3, -0.25) is 4.79 Å². The molecule has 4 heteroatoms. The maximum Gasteiger partial charge on any atom is 0.177 e. The summed E-state index contributed by atoms with van der Waals surface area (Å²) < 4.78 is 5.23. The first-order valence-electron chi connectivity index (χ1n) is 4.20. The van der Waals surface area contributed by atoms with Crippen molar-refractivity contribution in [2.75, 3.05) is 12.5 Å². The van der Waals surface area contributed by atoms with Crippen molar-refractivity contribution in [3.63, 3.8) is 0 Å². The molecule has 0 saturated carbocycles. The topological polar surface area (TPSA) is 26.3 Å². The van der Waals surface area contributed by atoms with Crippen LogP contribution >= 0.6 is 23.2 Å². The Hall–Kier alpha value is -0.730. The largest absolute Gasteiger partial charge is 0.492 e. The van der Waals surface area contributed by atoms with Crippen LogP contribution in [0.3, 0.4) is 0 Å². The molecule has 0 heterocycles. The molecule has 0 N–H and O–H groups in total. The lowest BCUT2D eigenvalue weighted by Crippen LogP contribution is -2.00. The van der Waals surface area contributed by atoms with Crippen LogP contribution in [-0.2, 0) is 0 Å². The molecule has 76 valence electrons. The number of benzene rings is 1. The van der Waals surface area contributed by atoms with Gasteiger partial charge in [-0.05, 0) is 25.1 Å². The van der Waals surface area contributed by atoms with E-state index in [-0.39, 0.29) is 11.7 Å². The van der Waals surface area contributed by atoms with Gasteiger partial charge < -0.3 is 4.74 Å². The molecule has 0 saturated heterocycles. The van der Waals surface area contributed by atoms with Gasteiger partial charge in [-0.25, -0.2) is 0 Å². The second kappa shape index (κ2) is 5.23. The predicted octanol–water partition coefficient (Wildman–Crippen LogP) is 3.16. The van der Waals surface area contributed by atoms with Crippen molar-refractivity contribution in [2.45, 2.75) is 6.92 Å². The summed E-state index contributed by atoms with van der Waals surface area (Å²) in [7, 11) is 0. The van der Waals surface area contributed by atoms with E-state index in [1.807, 2.05) is 6.92 Å². The van der Waals surface area contributed by atoms with Crippen LogP contribution in [0.2, 0.25) is 5.02 Å². The van der Waals surface area contributed by atoms with E-state index in [2.05, 4.69) is 0 Å². The summed E-state index contributed by atoms with van der Waals surface area (Å²) in [6, 6.07) is 4.89. The number of halogens is 2. The van der Waals surface area contributed by atoms with Crippen LogP contribution in [0, 0.1) is 0 Å². The average Bonchev–Trinajstić information content (AvgIpc) is 2.20. The molecule has 0 aliphatic rings. The normalized spacial score (nSPS) is 9.93. The van der Waals surface area contributed by atoms with Gasteiger partial charge in [0.1, 0.15) is 5.75 Å². The first-order chi connectivity index (χ1) is 6.69. The summed E-state index contributed by atoms with van der Waals surface area (Å²) in [5.74, 6) is 0.404. The van der Waals surface area contributed by atoms with E-state index in [1.165, 1.54) is 0 Å². The van der Waals surface area contributed by atoms with Gasteiger partial charge in [0.05, 0.1) is 17.5 Å². The van der Waals surface area contributed by atoms with E-state index in [9.17, 15) is 4.79 Å². The van der Waals surface area contributed by atoms with Gasteiger partial charge in [-0.1, -0.05) is 11.6 Å². The minimum Gasteiger partial charge on any atom is -0.492 e. The number of hydrogen-bond donors (Lipinski definition) is 0. The van der Waals surface area contributed by atoms with Crippen molar-refractivity contribution in [1.82, 2.24) is 0 Å². The molecule has 0 bridgehead atoms. The lowest BCUT2D eigenvalue weighted by molar-refractivity contribution is 0.102. The van der Waals surface area contributed by atoms with E-state index < -0.39 is 0 Å². The number of carbonyl (C=O) groups is 1. The third-order valence-corrected chi connectivity index (χ3v) is 2.21. The number of ketones is 1. The highest BCUT2D eigenvalue weighted by molar-refractivity contribution is 6.33. The molecule has 2 nitrogen and oxygen atoms in total. The van der Waals surface area contributed by atoms with Crippen molar-refractivity contribution in [3.05, 3.63) is 28.8 Å². The molecule has 0 amide bonds. The van der Waals surface area contributed by atoms with Crippen LogP contribution in [0.1, 0.15) is 17.3 Å². The van der Waals surface area contributed by atoms with Gasteiger partial charge in [0.25, 0.3) is 0 Å². The molecule has 1 rings (SSSR count). The molecule has 0 atom stereocenters. The molecule has 0 unspecified atom stereocenters. The Kier molecular flexibility index (Phi) is 4.23. The van der Waals surface area contributed by atoms with Crippen LogP contribution in [0.4, 0.5) is 0 Å². The Morgan fingerprint density at radius 3 is 2.71 bits per heavy atom. The fourth-order valence-corrected chi connectivity index (χ4v) is 1.41. The minimum atomic E-state index is -0.142. The minimum absolute atomic E-state index is 0.0374. The number of ether oxygens (including phenoxy) is 1. The molecular weight excluding hydrogens is 223 g/mol. The molecule has 0 aromatic heterocycles. The van der Waals surface area contributed by atoms with E-state index in [1.54, 1.807) is 18.2 Å². The third-order valence-electron chi connectivity index (χ3n) is 1.68. The van der Waals surface area contributed by atoms with E-state index in [0.29, 0.717) is 22.9 Å². The van der Waals surface area contributed by atoms with Crippen molar-refractivity contribution >= 4 is 29.0 Å². The van der Waals surface area contributed by atoms with Gasteiger partial charge >= 0.3 is 0 Å². The van der Waals surface area contributed by atoms with Gasteiger partial charge in [0, 0.05) is 5.56 Å². The first kappa shape index (κ1) is 11.3. The highest BCUT2D eigenvalue weighted by atomic mass is 35.5. The van der Waals surface area contributed by atoms with Gasteiger partial charge in [-0.2, -0.15) is 0 Å². The zero-order valence-electron chi connectivity index (χ0n) is 7.72. The first-order valence-corrected chi connectivity index (χ1v) is 5.11. The number of Topliss-reactive ketones (excluding diaryl/α,β-unsaturated/α-hetero) is 1. The maximum atomic E-state index is 11.2. The molecule has 0 fully saturated rings. The number of hydrogen-bond acceptors (Lipinski definition) is 2. The van der Waals surface area contributed by atoms with Crippen LogP contribution in [-0.4, -0.2) is 18.3 Å². The maximum absolute atomic E-state index is 11.2. The highest BCUT2D eigenvalue weighted by Gasteiger charge is 2.07. The lowest BCUT2D eigenvalue weighted by atomic mass is 10.1. The lowest BCUT2D eigenvalue weighted by Gasteiger charge is -2.06. The van der Waals surface area contributed by atoms with Crippen molar-refractivity contribution in [3.8, 4) is 5.75 Å². The molecule has 1 aromatic rings. The summed E-state index contributed by atoms with van der Waals surface area (Å²) >= 11 is 11.3. The van der Waals surface area contributed by atoms with E-state index in [0.717, 1.165) is 0 Å². The zero-order chi connectivity index (χ0) is 10.6. The summed E-state index contributed by atoms with van der Waals surface area (Å²) in [5.41, 5.74) is 0.508. The molecule has 0 spiro atoms. The van der Waals surface area contributed by atoms with E-state index >= 15 is 0 Å². The monoisotopic (exact) mass is 232 g/mol. The second-order valence-corrected chi connectivity index (χ2v) is 3.31. The Morgan fingerprint density at radius 1 is 1.50 bits per heavy atom. The van der Waals surface area contributed by atoms with Crippen LogP contribution in [0.5, 0.6) is 5.75 Å².